The van der Waals surface area contributed by atoms with Gasteiger partial charge >= 0.3 is 0 Å². The first-order chi connectivity index (χ1) is 7.70. The standard InChI is InChI=1S/C13H18N2O/c1-10-6-7-14-9-12(10)13-5-3-4-8-15(13)11(2)16/h6-7,9,13H,3-5,8H2,1-2H3/t13-/m0/s1. The van der Waals surface area contributed by atoms with E-state index in [-0.39, 0.29) is 11.9 Å². The summed E-state index contributed by atoms with van der Waals surface area (Å²) < 4.78 is 0. The van der Waals surface area contributed by atoms with E-state index in [1.165, 1.54) is 17.5 Å². The van der Waals surface area contributed by atoms with Crippen LogP contribution in [0.4, 0.5) is 0 Å². The Bertz CT molecular complexity index is 389. The second-order valence-corrected chi connectivity index (χ2v) is 4.46. The van der Waals surface area contributed by atoms with E-state index in [1.807, 2.05) is 17.2 Å². The second-order valence-electron chi connectivity index (χ2n) is 4.46. The lowest BCUT2D eigenvalue weighted by Crippen LogP contribution is -2.37. The van der Waals surface area contributed by atoms with Crippen molar-refractivity contribution in [3.8, 4) is 0 Å². The number of likely N-dealkylation sites (tertiary alicyclic amines) is 1. The quantitative estimate of drug-likeness (QED) is 0.725. The summed E-state index contributed by atoms with van der Waals surface area (Å²) in [6.07, 6.45) is 7.09. The fourth-order valence-corrected chi connectivity index (χ4v) is 2.46. The predicted molar refractivity (Wildman–Crippen MR) is 63.0 cm³/mol. The number of aromatic nitrogens is 1. The Morgan fingerprint density at radius 2 is 2.31 bits per heavy atom. The van der Waals surface area contributed by atoms with Crippen LogP contribution in [0.5, 0.6) is 0 Å². The van der Waals surface area contributed by atoms with Crippen molar-refractivity contribution in [1.29, 1.82) is 0 Å². The molecule has 1 aromatic heterocycles. The third-order valence-corrected chi connectivity index (χ3v) is 3.35. The van der Waals surface area contributed by atoms with Gasteiger partial charge in [0.25, 0.3) is 0 Å². The molecule has 1 aliphatic heterocycles. The normalized spacial score (nSPS) is 20.9. The summed E-state index contributed by atoms with van der Waals surface area (Å²) >= 11 is 0. The van der Waals surface area contributed by atoms with Crippen LogP contribution in [0.25, 0.3) is 0 Å². The lowest BCUT2D eigenvalue weighted by atomic mass is 9.94. The van der Waals surface area contributed by atoms with Gasteiger partial charge in [-0.3, -0.25) is 9.78 Å². The van der Waals surface area contributed by atoms with E-state index in [0.717, 1.165) is 19.4 Å². The number of aryl methyl sites for hydroxylation is 1. The second kappa shape index (κ2) is 4.64. The van der Waals surface area contributed by atoms with Crippen molar-refractivity contribution in [2.24, 2.45) is 0 Å². The number of rotatable bonds is 1. The lowest BCUT2D eigenvalue weighted by molar-refractivity contribution is -0.132. The van der Waals surface area contributed by atoms with Crippen LogP contribution >= 0.6 is 0 Å². The Kier molecular flexibility index (Phi) is 3.22. The molecule has 2 rings (SSSR count). The number of carbonyl (C=O) groups is 1. The van der Waals surface area contributed by atoms with Gasteiger partial charge in [0.2, 0.25) is 5.91 Å². The van der Waals surface area contributed by atoms with Crippen LogP contribution in [0.15, 0.2) is 18.5 Å². The Morgan fingerprint density at radius 1 is 1.50 bits per heavy atom. The number of carbonyl (C=O) groups excluding carboxylic acids is 1. The molecule has 1 aromatic rings. The third kappa shape index (κ3) is 2.08. The van der Waals surface area contributed by atoms with Crippen LogP contribution in [-0.4, -0.2) is 22.3 Å². The fraction of sp³-hybridized carbons (Fsp3) is 0.538. The minimum absolute atomic E-state index is 0.174. The zero-order valence-corrected chi connectivity index (χ0v) is 9.94. The van der Waals surface area contributed by atoms with Gasteiger partial charge in [-0.2, -0.15) is 0 Å². The first-order valence-corrected chi connectivity index (χ1v) is 5.88. The number of piperidine rings is 1. The van der Waals surface area contributed by atoms with Crippen molar-refractivity contribution >= 4 is 5.91 Å². The third-order valence-electron chi connectivity index (χ3n) is 3.35. The largest absolute Gasteiger partial charge is 0.336 e. The molecular weight excluding hydrogens is 200 g/mol. The first-order valence-electron chi connectivity index (χ1n) is 5.88. The van der Waals surface area contributed by atoms with E-state index in [2.05, 4.69) is 11.9 Å². The smallest absolute Gasteiger partial charge is 0.219 e. The van der Waals surface area contributed by atoms with Crippen molar-refractivity contribution in [2.45, 2.75) is 39.2 Å². The molecule has 0 unspecified atom stereocenters. The molecule has 0 bridgehead atoms. The van der Waals surface area contributed by atoms with Gasteiger partial charge in [-0.1, -0.05) is 0 Å². The molecule has 0 N–H and O–H groups in total. The van der Waals surface area contributed by atoms with Gasteiger partial charge in [0.05, 0.1) is 6.04 Å². The van der Waals surface area contributed by atoms with E-state index >= 15 is 0 Å². The molecule has 16 heavy (non-hydrogen) atoms. The molecule has 2 heterocycles. The van der Waals surface area contributed by atoms with E-state index < -0.39 is 0 Å². The Balaban J connectivity index is 2.30. The molecule has 86 valence electrons. The van der Waals surface area contributed by atoms with Gasteiger partial charge in [-0.25, -0.2) is 0 Å². The maximum atomic E-state index is 11.6. The topological polar surface area (TPSA) is 33.2 Å². The maximum Gasteiger partial charge on any atom is 0.219 e. The minimum Gasteiger partial charge on any atom is -0.336 e. The molecule has 0 aliphatic carbocycles. The first kappa shape index (κ1) is 11.1. The van der Waals surface area contributed by atoms with Gasteiger partial charge in [0, 0.05) is 25.9 Å². The molecule has 1 atom stereocenters. The Hall–Kier alpha value is -1.38. The molecule has 1 saturated heterocycles. The molecule has 1 amide bonds. The molecular formula is C13H18N2O. The highest BCUT2D eigenvalue weighted by Gasteiger charge is 2.26. The van der Waals surface area contributed by atoms with Gasteiger partial charge in [0.15, 0.2) is 0 Å². The average molecular weight is 218 g/mol. The van der Waals surface area contributed by atoms with Crippen LogP contribution in [0.3, 0.4) is 0 Å². The van der Waals surface area contributed by atoms with Crippen LogP contribution in [-0.2, 0) is 4.79 Å². The monoisotopic (exact) mass is 218 g/mol. The summed E-state index contributed by atoms with van der Waals surface area (Å²) in [6.45, 7) is 4.63. The SMILES string of the molecule is CC(=O)N1CCCC[C@H]1c1cnccc1C. The predicted octanol–water partition coefficient (Wildman–Crippen LogP) is 2.46. The molecule has 1 fully saturated rings. The van der Waals surface area contributed by atoms with E-state index in [0.29, 0.717) is 0 Å². The summed E-state index contributed by atoms with van der Waals surface area (Å²) in [5, 5.41) is 0. The number of hydrogen-bond donors (Lipinski definition) is 0. The van der Waals surface area contributed by atoms with Gasteiger partial charge < -0.3 is 4.90 Å². The van der Waals surface area contributed by atoms with Crippen molar-refractivity contribution in [2.75, 3.05) is 6.54 Å². The number of amides is 1. The van der Waals surface area contributed by atoms with Crippen molar-refractivity contribution in [3.05, 3.63) is 29.6 Å². The summed E-state index contributed by atoms with van der Waals surface area (Å²) in [4.78, 5) is 17.8. The summed E-state index contributed by atoms with van der Waals surface area (Å²) in [6, 6.07) is 2.25. The van der Waals surface area contributed by atoms with Gasteiger partial charge in [-0.15, -0.1) is 0 Å². The number of hydrogen-bond acceptors (Lipinski definition) is 2. The van der Waals surface area contributed by atoms with E-state index in [4.69, 9.17) is 0 Å². The molecule has 0 radical (unpaired) electrons. The van der Waals surface area contributed by atoms with Crippen molar-refractivity contribution in [3.63, 3.8) is 0 Å². The van der Waals surface area contributed by atoms with E-state index in [9.17, 15) is 4.79 Å². The van der Waals surface area contributed by atoms with Gasteiger partial charge in [-0.05, 0) is 43.4 Å². The van der Waals surface area contributed by atoms with Crippen LogP contribution in [0.2, 0.25) is 0 Å². The maximum absolute atomic E-state index is 11.6. The van der Waals surface area contributed by atoms with Crippen molar-refractivity contribution < 1.29 is 4.79 Å². The summed E-state index contributed by atoms with van der Waals surface area (Å²) in [7, 11) is 0. The molecule has 0 saturated carbocycles. The van der Waals surface area contributed by atoms with Gasteiger partial charge in [0.1, 0.15) is 0 Å². The highest BCUT2D eigenvalue weighted by molar-refractivity contribution is 5.74. The molecule has 0 aromatic carbocycles. The zero-order valence-electron chi connectivity index (χ0n) is 9.94. The molecule has 3 nitrogen and oxygen atoms in total. The zero-order chi connectivity index (χ0) is 11.5. The minimum atomic E-state index is 0.174. The molecule has 1 aliphatic rings. The Labute approximate surface area is 96.5 Å². The lowest BCUT2D eigenvalue weighted by Gasteiger charge is -2.35. The number of pyridine rings is 1. The summed E-state index contributed by atoms with van der Waals surface area (Å²) in [5.74, 6) is 0.174. The van der Waals surface area contributed by atoms with Crippen LogP contribution in [0.1, 0.15) is 43.4 Å². The summed E-state index contributed by atoms with van der Waals surface area (Å²) in [5.41, 5.74) is 2.44. The highest BCUT2D eigenvalue weighted by Crippen LogP contribution is 2.31. The highest BCUT2D eigenvalue weighted by atomic mass is 16.2. The number of nitrogens with zero attached hydrogens (tertiary/aromatic N) is 2. The fourth-order valence-electron chi connectivity index (χ4n) is 2.46. The molecule has 0 spiro atoms. The van der Waals surface area contributed by atoms with Crippen molar-refractivity contribution in [1.82, 2.24) is 9.88 Å². The average Bonchev–Trinajstić information content (AvgIpc) is 2.29. The van der Waals surface area contributed by atoms with E-state index in [1.54, 1.807) is 13.1 Å². The Morgan fingerprint density at radius 3 is 3.00 bits per heavy atom. The molecule has 3 heteroatoms. The van der Waals surface area contributed by atoms with Crippen LogP contribution < -0.4 is 0 Å². The van der Waals surface area contributed by atoms with Crippen LogP contribution in [0, 0.1) is 6.92 Å².